The summed E-state index contributed by atoms with van der Waals surface area (Å²) < 4.78 is 1.80. The molecule has 0 spiro atoms. The fourth-order valence-electron chi connectivity index (χ4n) is 1.83. The Hall–Kier alpha value is -2.02. The molecule has 0 fully saturated rings. The van der Waals surface area contributed by atoms with Crippen molar-refractivity contribution in [1.82, 2.24) is 14.9 Å². The predicted octanol–water partition coefficient (Wildman–Crippen LogP) is 1.73. The number of hydrogen-bond donors (Lipinski definition) is 2. The Morgan fingerprint density at radius 2 is 2.15 bits per heavy atom. The van der Waals surface area contributed by atoms with Crippen LogP contribution in [0.2, 0.25) is 0 Å². The summed E-state index contributed by atoms with van der Waals surface area (Å²) in [6.07, 6.45) is 1.02. The molecular weight excluding hydrogens is 276 g/mol. The molecule has 7 heteroatoms. The van der Waals surface area contributed by atoms with Gasteiger partial charge in [-0.25, -0.2) is 9.78 Å². The summed E-state index contributed by atoms with van der Waals surface area (Å²) in [5.74, 6) is 0.472. The second-order valence-corrected chi connectivity index (χ2v) is 5.29. The van der Waals surface area contributed by atoms with Crippen molar-refractivity contribution < 1.29 is 9.59 Å². The summed E-state index contributed by atoms with van der Waals surface area (Å²) in [6.45, 7) is 2.11. The Labute approximate surface area is 120 Å². The number of nitrogens with two attached hydrogens (primary N) is 1. The van der Waals surface area contributed by atoms with E-state index in [2.05, 4.69) is 17.2 Å². The van der Waals surface area contributed by atoms with Crippen molar-refractivity contribution in [1.29, 1.82) is 0 Å². The van der Waals surface area contributed by atoms with Gasteiger partial charge in [0.1, 0.15) is 6.54 Å². The number of urea groups is 1. The number of hydrogen-bond acceptors (Lipinski definition) is 4. The Morgan fingerprint density at radius 1 is 1.40 bits per heavy atom. The molecule has 2 rings (SSSR count). The minimum atomic E-state index is -0.845. The van der Waals surface area contributed by atoms with Crippen molar-refractivity contribution in [3.05, 3.63) is 24.3 Å². The van der Waals surface area contributed by atoms with Crippen LogP contribution in [0.5, 0.6) is 0 Å². The SMILES string of the molecule is CCCSc1nc2ccccc2n1CC(=O)NC(N)=O. The number of imidazole rings is 1. The molecular formula is C13H16N4O2S. The number of nitrogens with zero attached hydrogens (tertiary/aromatic N) is 2. The number of fused-ring (bicyclic) bond motifs is 1. The highest BCUT2D eigenvalue weighted by molar-refractivity contribution is 7.99. The molecule has 3 N–H and O–H groups in total. The highest BCUT2D eigenvalue weighted by Crippen LogP contribution is 2.24. The Morgan fingerprint density at radius 3 is 2.85 bits per heavy atom. The summed E-state index contributed by atoms with van der Waals surface area (Å²) in [7, 11) is 0. The van der Waals surface area contributed by atoms with Crippen LogP contribution in [0.25, 0.3) is 11.0 Å². The van der Waals surface area contributed by atoms with E-state index >= 15 is 0 Å². The first-order chi connectivity index (χ1) is 9.61. The van der Waals surface area contributed by atoms with Crippen LogP contribution in [0, 0.1) is 0 Å². The van der Waals surface area contributed by atoms with E-state index in [1.54, 1.807) is 16.3 Å². The fourth-order valence-corrected chi connectivity index (χ4v) is 2.70. The van der Waals surface area contributed by atoms with E-state index in [1.165, 1.54) is 0 Å². The van der Waals surface area contributed by atoms with Crippen LogP contribution in [-0.2, 0) is 11.3 Å². The average molecular weight is 292 g/mol. The summed E-state index contributed by atoms with van der Waals surface area (Å²) in [5.41, 5.74) is 6.65. The number of primary amides is 1. The predicted molar refractivity (Wildman–Crippen MR) is 78.5 cm³/mol. The Kier molecular flexibility index (Phi) is 4.62. The lowest BCUT2D eigenvalue weighted by Gasteiger charge is -2.07. The Bertz CT molecular complexity index is 638. The van der Waals surface area contributed by atoms with Gasteiger partial charge in [0.2, 0.25) is 5.91 Å². The van der Waals surface area contributed by atoms with Crippen molar-refractivity contribution >= 4 is 34.7 Å². The second-order valence-electron chi connectivity index (χ2n) is 4.23. The second kappa shape index (κ2) is 6.42. The van der Waals surface area contributed by atoms with Gasteiger partial charge in [0.25, 0.3) is 0 Å². The number of carbonyl (C=O) groups is 2. The van der Waals surface area contributed by atoms with Gasteiger partial charge in [0.15, 0.2) is 5.16 Å². The van der Waals surface area contributed by atoms with Crippen LogP contribution in [-0.4, -0.2) is 27.2 Å². The molecule has 1 heterocycles. The quantitative estimate of drug-likeness (QED) is 0.821. The van der Waals surface area contributed by atoms with Crippen LogP contribution in [0.15, 0.2) is 29.4 Å². The first-order valence-electron chi connectivity index (χ1n) is 6.29. The number of para-hydroxylation sites is 2. The lowest BCUT2D eigenvalue weighted by Crippen LogP contribution is -2.37. The first-order valence-corrected chi connectivity index (χ1v) is 7.27. The summed E-state index contributed by atoms with van der Waals surface area (Å²) in [4.78, 5) is 27.0. The monoisotopic (exact) mass is 292 g/mol. The molecule has 2 aromatic rings. The number of carbonyl (C=O) groups excluding carboxylic acids is 2. The van der Waals surface area contributed by atoms with Crippen molar-refractivity contribution in [2.24, 2.45) is 5.73 Å². The van der Waals surface area contributed by atoms with Gasteiger partial charge in [-0.05, 0) is 18.6 Å². The maximum Gasteiger partial charge on any atom is 0.318 e. The molecule has 0 aliphatic rings. The van der Waals surface area contributed by atoms with E-state index in [0.29, 0.717) is 0 Å². The number of imide groups is 1. The van der Waals surface area contributed by atoms with Crippen molar-refractivity contribution in [2.75, 3.05) is 5.75 Å². The number of rotatable bonds is 5. The Balaban J connectivity index is 2.32. The molecule has 0 saturated heterocycles. The molecule has 3 amide bonds. The molecule has 0 radical (unpaired) electrons. The van der Waals surface area contributed by atoms with Crippen molar-refractivity contribution in [2.45, 2.75) is 25.0 Å². The van der Waals surface area contributed by atoms with Crippen LogP contribution < -0.4 is 11.1 Å². The lowest BCUT2D eigenvalue weighted by molar-refractivity contribution is -0.120. The molecule has 1 aromatic carbocycles. The molecule has 6 nitrogen and oxygen atoms in total. The maximum absolute atomic E-state index is 11.7. The van der Waals surface area contributed by atoms with Gasteiger partial charge < -0.3 is 10.3 Å². The van der Waals surface area contributed by atoms with E-state index in [9.17, 15) is 9.59 Å². The number of benzene rings is 1. The molecule has 0 atom stereocenters. The highest BCUT2D eigenvalue weighted by atomic mass is 32.2. The minimum absolute atomic E-state index is 0.0233. The topological polar surface area (TPSA) is 90.0 Å². The van der Waals surface area contributed by atoms with E-state index in [1.807, 2.05) is 24.3 Å². The van der Waals surface area contributed by atoms with Gasteiger partial charge in [-0.2, -0.15) is 0 Å². The molecule has 0 aliphatic heterocycles. The highest BCUT2D eigenvalue weighted by Gasteiger charge is 2.14. The van der Waals surface area contributed by atoms with Crippen LogP contribution in [0.1, 0.15) is 13.3 Å². The third-order valence-corrected chi connectivity index (χ3v) is 3.80. The van der Waals surface area contributed by atoms with Gasteiger partial charge >= 0.3 is 6.03 Å². The van der Waals surface area contributed by atoms with E-state index < -0.39 is 11.9 Å². The van der Waals surface area contributed by atoms with Crippen LogP contribution >= 0.6 is 11.8 Å². The largest absolute Gasteiger partial charge is 0.351 e. The zero-order valence-electron chi connectivity index (χ0n) is 11.1. The van der Waals surface area contributed by atoms with Gasteiger partial charge in [0.05, 0.1) is 11.0 Å². The summed E-state index contributed by atoms with van der Waals surface area (Å²) >= 11 is 1.59. The maximum atomic E-state index is 11.7. The van der Waals surface area contributed by atoms with E-state index in [0.717, 1.165) is 28.4 Å². The molecule has 0 unspecified atom stereocenters. The smallest absolute Gasteiger partial charge is 0.318 e. The number of thioether (sulfide) groups is 1. The average Bonchev–Trinajstić information content (AvgIpc) is 2.74. The van der Waals surface area contributed by atoms with Gasteiger partial charge in [0, 0.05) is 5.75 Å². The molecule has 106 valence electrons. The van der Waals surface area contributed by atoms with E-state index in [-0.39, 0.29) is 6.54 Å². The molecule has 0 saturated carbocycles. The standard InChI is InChI=1S/C13H16N4O2S/c1-2-7-20-13-15-9-5-3-4-6-10(9)17(13)8-11(18)16-12(14)19/h3-6H,2,7-8H2,1H3,(H3,14,16,18,19). The third kappa shape index (κ3) is 3.30. The summed E-state index contributed by atoms with van der Waals surface area (Å²) in [5, 5.41) is 2.84. The molecule has 0 aliphatic carbocycles. The van der Waals surface area contributed by atoms with Crippen LogP contribution in [0.3, 0.4) is 0 Å². The van der Waals surface area contributed by atoms with Crippen molar-refractivity contribution in [3.8, 4) is 0 Å². The zero-order chi connectivity index (χ0) is 14.5. The van der Waals surface area contributed by atoms with E-state index in [4.69, 9.17) is 5.73 Å². The summed E-state index contributed by atoms with van der Waals surface area (Å²) in [6, 6.07) is 6.74. The first kappa shape index (κ1) is 14.4. The third-order valence-electron chi connectivity index (χ3n) is 2.62. The van der Waals surface area contributed by atoms with Crippen molar-refractivity contribution in [3.63, 3.8) is 0 Å². The molecule has 1 aromatic heterocycles. The van der Waals surface area contributed by atoms with Crippen LogP contribution in [0.4, 0.5) is 4.79 Å². The zero-order valence-corrected chi connectivity index (χ0v) is 11.9. The lowest BCUT2D eigenvalue weighted by atomic mass is 10.3. The number of amides is 3. The van der Waals surface area contributed by atoms with Gasteiger partial charge in [-0.3, -0.25) is 10.1 Å². The number of nitrogens with one attached hydrogen (secondary N) is 1. The molecule has 20 heavy (non-hydrogen) atoms. The van der Waals surface area contributed by atoms with Gasteiger partial charge in [-0.15, -0.1) is 0 Å². The fraction of sp³-hybridized carbons (Fsp3) is 0.308. The van der Waals surface area contributed by atoms with Gasteiger partial charge in [-0.1, -0.05) is 30.8 Å². The minimum Gasteiger partial charge on any atom is -0.351 e. The number of aromatic nitrogens is 2. The normalized spacial score (nSPS) is 10.7. The molecule has 0 bridgehead atoms.